The molecule has 19 heavy (non-hydrogen) atoms. The first kappa shape index (κ1) is 14.3. The number of aryl methyl sites for hydroxylation is 1. The van der Waals surface area contributed by atoms with Crippen LogP contribution >= 0.6 is 11.3 Å². The first-order valence-electron chi connectivity index (χ1n) is 7.06. The summed E-state index contributed by atoms with van der Waals surface area (Å²) in [5, 5.41) is 8.32. The average molecular weight is 277 g/mol. The number of hydrogen-bond acceptors (Lipinski definition) is 3. The minimum absolute atomic E-state index is 0.521. The Hall–Kier alpha value is -1.16. The molecule has 0 radical (unpaired) electrons. The normalized spacial score (nSPS) is 13.1. The summed E-state index contributed by atoms with van der Waals surface area (Å²) in [6.45, 7) is 9.78. The summed E-state index contributed by atoms with van der Waals surface area (Å²) in [5.41, 5.74) is 1.09. The first-order valence-corrected chi connectivity index (χ1v) is 7.87. The van der Waals surface area contributed by atoms with E-state index in [9.17, 15) is 0 Å². The second-order valence-electron chi connectivity index (χ2n) is 5.57. The van der Waals surface area contributed by atoms with E-state index in [1.807, 2.05) is 16.0 Å². The van der Waals surface area contributed by atoms with Gasteiger partial charge in [0, 0.05) is 28.9 Å². The Morgan fingerprint density at radius 3 is 2.63 bits per heavy atom. The van der Waals surface area contributed by atoms with Gasteiger partial charge >= 0.3 is 0 Å². The molecular formula is C15H23N3S. The second kappa shape index (κ2) is 6.33. The molecule has 0 fully saturated rings. The minimum Gasteiger partial charge on any atom is -0.253 e. The van der Waals surface area contributed by atoms with Crippen molar-refractivity contribution in [3.8, 4) is 0 Å². The van der Waals surface area contributed by atoms with Gasteiger partial charge in [-0.05, 0) is 37.3 Å². The number of thiophene rings is 1. The molecule has 0 N–H and O–H groups in total. The van der Waals surface area contributed by atoms with Crippen LogP contribution in [0.15, 0.2) is 18.3 Å². The zero-order valence-corrected chi connectivity index (χ0v) is 13.1. The van der Waals surface area contributed by atoms with E-state index in [1.165, 1.54) is 16.2 Å². The number of hydrogen-bond donors (Lipinski definition) is 0. The Balaban J connectivity index is 1.99. The summed E-state index contributed by atoms with van der Waals surface area (Å²) in [4.78, 5) is 2.95. The van der Waals surface area contributed by atoms with Gasteiger partial charge in [-0.15, -0.1) is 16.4 Å². The van der Waals surface area contributed by atoms with Crippen molar-refractivity contribution in [3.05, 3.63) is 33.8 Å². The molecule has 0 spiro atoms. The molecular weight excluding hydrogens is 254 g/mol. The third-order valence-corrected chi connectivity index (χ3v) is 4.54. The monoisotopic (exact) mass is 277 g/mol. The smallest absolute Gasteiger partial charge is 0.0833 e. The Bertz CT molecular complexity index is 513. The Morgan fingerprint density at radius 1 is 1.21 bits per heavy atom. The van der Waals surface area contributed by atoms with Gasteiger partial charge in [0.25, 0.3) is 0 Å². The SMILES string of the molecule is CCn1cc(CC(C)c2ccc(CC(C)C)s2)nn1. The first-order chi connectivity index (χ1) is 9.08. The van der Waals surface area contributed by atoms with Crippen LogP contribution in [0, 0.1) is 5.92 Å². The fourth-order valence-electron chi connectivity index (χ4n) is 2.17. The Kier molecular flexibility index (Phi) is 4.75. The highest BCUT2D eigenvalue weighted by molar-refractivity contribution is 7.12. The molecule has 104 valence electrons. The molecule has 0 saturated heterocycles. The quantitative estimate of drug-likeness (QED) is 0.801. The van der Waals surface area contributed by atoms with Crippen molar-refractivity contribution in [1.82, 2.24) is 15.0 Å². The van der Waals surface area contributed by atoms with E-state index in [-0.39, 0.29) is 0 Å². The lowest BCUT2D eigenvalue weighted by Gasteiger charge is -2.06. The van der Waals surface area contributed by atoms with Gasteiger partial charge in [0.1, 0.15) is 0 Å². The van der Waals surface area contributed by atoms with Crippen molar-refractivity contribution in [2.45, 2.75) is 53.0 Å². The van der Waals surface area contributed by atoms with E-state index in [1.54, 1.807) is 0 Å². The molecule has 0 amide bonds. The fraction of sp³-hybridized carbons (Fsp3) is 0.600. The maximum Gasteiger partial charge on any atom is 0.0833 e. The van der Waals surface area contributed by atoms with Crippen LogP contribution in [-0.2, 0) is 19.4 Å². The van der Waals surface area contributed by atoms with Gasteiger partial charge in [0.05, 0.1) is 5.69 Å². The number of aromatic nitrogens is 3. The maximum absolute atomic E-state index is 4.23. The van der Waals surface area contributed by atoms with Crippen molar-refractivity contribution < 1.29 is 0 Å². The minimum atomic E-state index is 0.521. The average Bonchev–Trinajstić information content (AvgIpc) is 2.97. The number of rotatable bonds is 6. The second-order valence-corrected chi connectivity index (χ2v) is 6.77. The van der Waals surface area contributed by atoms with E-state index in [0.29, 0.717) is 5.92 Å². The van der Waals surface area contributed by atoms with Crippen LogP contribution in [0.25, 0.3) is 0 Å². The molecule has 0 bridgehead atoms. The van der Waals surface area contributed by atoms with Crippen molar-refractivity contribution in [1.29, 1.82) is 0 Å². The fourth-order valence-corrected chi connectivity index (χ4v) is 3.45. The largest absolute Gasteiger partial charge is 0.253 e. The molecule has 2 rings (SSSR count). The van der Waals surface area contributed by atoms with Gasteiger partial charge in [-0.3, -0.25) is 4.68 Å². The lowest BCUT2D eigenvalue weighted by Crippen LogP contribution is -1.96. The summed E-state index contributed by atoms with van der Waals surface area (Å²) in [7, 11) is 0. The van der Waals surface area contributed by atoms with Crippen LogP contribution in [-0.4, -0.2) is 15.0 Å². The zero-order chi connectivity index (χ0) is 13.8. The molecule has 0 aromatic carbocycles. The van der Waals surface area contributed by atoms with Crippen LogP contribution in [0.2, 0.25) is 0 Å². The van der Waals surface area contributed by atoms with Crippen molar-refractivity contribution >= 4 is 11.3 Å². The van der Waals surface area contributed by atoms with Crippen LogP contribution in [0.4, 0.5) is 0 Å². The van der Waals surface area contributed by atoms with Crippen LogP contribution in [0.1, 0.15) is 49.1 Å². The highest BCUT2D eigenvalue weighted by Crippen LogP contribution is 2.28. The summed E-state index contributed by atoms with van der Waals surface area (Å²) in [6, 6.07) is 4.55. The van der Waals surface area contributed by atoms with Crippen LogP contribution in [0.5, 0.6) is 0 Å². The van der Waals surface area contributed by atoms with Crippen molar-refractivity contribution in [2.75, 3.05) is 0 Å². The maximum atomic E-state index is 4.23. The van der Waals surface area contributed by atoms with E-state index in [0.717, 1.165) is 24.6 Å². The summed E-state index contributed by atoms with van der Waals surface area (Å²) < 4.78 is 1.89. The summed E-state index contributed by atoms with van der Waals surface area (Å²) in [5.74, 6) is 1.25. The number of nitrogens with zero attached hydrogens (tertiary/aromatic N) is 3. The lowest BCUT2D eigenvalue weighted by molar-refractivity contribution is 0.626. The van der Waals surface area contributed by atoms with Crippen LogP contribution in [0.3, 0.4) is 0 Å². The van der Waals surface area contributed by atoms with E-state index >= 15 is 0 Å². The molecule has 0 aliphatic heterocycles. The molecule has 4 heteroatoms. The highest BCUT2D eigenvalue weighted by Gasteiger charge is 2.12. The molecule has 0 saturated carbocycles. The highest BCUT2D eigenvalue weighted by atomic mass is 32.1. The van der Waals surface area contributed by atoms with Gasteiger partial charge in [0.15, 0.2) is 0 Å². The van der Waals surface area contributed by atoms with Crippen molar-refractivity contribution in [3.63, 3.8) is 0 Å². The third kappa shape index (κ3) is 3.90. The van der Waals surface area contributed by atoms with Gasteiger partial charge in [0.2, 0.25) is 0 Å². The third-order valence-electron chi connectivity index (χ3n) is 3.20. The predicted octanol–water partition coefficient (Wildman–Crippen LogP) is 3.90. The Morgan fingerprint density at radius 2 is 2.00 bits per heavy atom. The zero-order valence-electron chi connectivity index (χ0n) is 12.3. The molecule has 2 heterocycles. The van der Waals surface area contributed by atoms with E-state index in [4.69, 9.17) is 0 Å². The molecule has 0 aliphatic rings. The van der Waals surface area contributed by atoms with Gasteiger partial charge in [-0.1, -0.05) is 26.0 Å². The van der Waals surface area contributed by atoms with Gasteiger partial charge in [-0.25, -0.2) is 0 Å². The lowest BCUT2D eigenvalue weighted by atomic mass is 10.0. The molecule has 1 unspecified atom stereocenters. The predicted molar refractivity (Wildman–Crippen MR) is 80.7 cm³/mol. The molecule has 3 nitrogen and oxygen atoms in total. The van der Waals surface area contributed by atoms with Gasteiger partial charge < -0.3 is 0 Å². The van der Waals surface area contributed by atoms with Gasteiger partial charge in [-0.2, -0.15) is 0 Å². The van der Waals surface area contributed by atoms with E-state index in [2.05, 4.69) is 56.3 Å². The molecule has 0 aliphatic carbocycles. The molecule has 1 atom stereocenters. The summed E-state index contributed by atoms with van der Waals surface area (Å²) >= 11 is 1.95. The van der Waals surface area contributed by atoms with Crippen LogP contribution < -0.4 is 0 Å². The molecule has 2 aromatic heterocycles. The van der Waals surface area contributed by atoms with Crippen molar-refractivity contribution in [2.24, 2.45) is 5.92 Å². The standard InChI is InChI=1S/C15H23N3S/c1-5-18-10-13(16-17-18)9-12(4)15-7-6-14(19-15)8-11(2)3/h6-7,10-12H,5,8-9H2,1-4H3. The Labute approximate surface area is 119 Å². The topological polar surface area (TPSA) is 30.7 Å². The summed E-state index contributed by atoms with van der Waals surface area (Å²) in [6.07, 6.45) is 4.21. The van der Waals surface area contributed by atoms with E-state index < -0.39 is 0 Å². The molecule has 2 aromatic rings.